The number of methoxy groups -OCH3 is 1. The van der Waals surface area contributed by atoms with Crippen LogP contribution in [-0.4, -0.2) is 49.5 Å². The van der Waals surface area contributed by atoms with Crippen LogP contribution in [0.15, 0.2) is 23.3 Å². The summed E-state index contributed by atoms with van der Waals surface area (Å²) in [4.78, 5) is 8.22. The minimum Gasteiger partial charge on any atom is -0.468 e. The summed E-state index contributed by atoms with van der Waals surface area (Å²) in [5.41, 5.74) is 0.0841. The van der Waals surface area contributed by atoms with Gasteiger partial charge in [-0.3, -0.25) is 0 Å². The smallest absolute Gasteiger partial charge is 0.422 e. The molecule has 0 radical (unpaired) electrons. The molecule has 0 aliphatic carbocycles. The summed E-state index contributed by atoms with van der Waals surface area (Å²) in [6.07, 6.45) is -3.04. The molecule has 0 aliphatic rings. The molecule has 0 saturated heterocycles. The molecule has 26 heavy (non-hydrogen) atoms. The molecule has 0 amide bonds. The Balaban J connectivity index is 0.00000625. The Morgan fingerprint density at radius 3 is 2.54 bits per heavy atom. The zero-order chi connectivity index (χ0) is 18.9. The average Bonchev–Trinajstić information content (AvgIpc) is 2.55. The standard InChI is InChI=1S/C16H25F3N4O2.HI/c1-5-20-14(23-10-15(2,3)24-4)22-9-12-7-6-8-21-13(12)25-11-16(17,18)19;/h6-8H,5,9-11H2,1-4H3,(H2,20,22,23);1H. The van der Waals surface area contributed by atoms with Crippen LogP contribution in [0.5, 0.6) is 5.88 Å². The average molecular weight is 490 g/mol. The summed E-state index contributed by atoms with van der Waals surface area (Å²) in [5.74, 6) is 0.454. The van der Waals surface area contributed by atoms with Gasteiger partial charge in [0.05, 0.1) is 12.1 Å². The molecule has 0 fully saturated rings. The van der Waals surface area contributed by atoms with Gasteiger partial charge in [-0.15, -0.1) is 24.0 Å². The van der Waals surface area contributed by atoms with Crippen molar-refractivity contribution in [2.24, 2.45) is 4.99 Å². The van der Waals surface area contributed by atoms with Crippen molar-refractivity contribution in [2.75, 3.05) is 26.8 Å². The maximum Gasteiger partial charge on any atom is 0.422 e. The lowest BCUT2D eigenvalue weighted by Gasteiger charge is -2.24. The van der Waals surface area contributed by atoms with Crippen molar-refractivity contribution < 1.29 is 22.6 Å². The fraction of sp³-hybridized carbons (Fsp3) is 0.625. The van der Waals surface area contributed by atoms with Gasteiger partial charge in [-0.1, -0.05) is 6.07 Å². The van der Waals surface area contributed by atoms with Crippen LogP contribution >= 0.6 is 24.0 Å². The van der Waals surface area contributed by atoms with E-state index in [1.54, 1.807) is 19.2 Å². The second-order valence-electron chi connectivity index (χ2n) is 5.88. The number of aliphatic imine (C=N–C) groups is 1. The Morgan fingerprint density at radius 1 is 1.27 bits per heavy atom. The first-order valence-corrected chi connectivity index (χ1v) is 7.87. The van der Waals surface area contributed by atoms with Gasteiger partial charge in [0.25, 0.3) is 0 Å². The highest BCUT2D eigenvalue weighted by Gasteiger charge is 2.29. The van der Waals surface area contributed by atoms with Crippen LogP contribution < -0.4 is 15.4 Å². The van der Waals surface area contributed by atoms with Crippen LogP contribution in [0, 0.1) is 0 Å². The van der Waals surface area contributed by atoms with E-state index < -0.39 is 12.8 Å². The van der Waals surface area contributed by atoms with E-state index in [0.29, 0.717) is 24.6 Å². The van der Waals surface area contributed by atoms with Crippen LogP contribution in [0.3, 0.4) is 0 Å². The summed E-state index contributed by atoms with van der Waals surface area (Å²) >= 11 is 0. The van der Waals surface area contributed by atoms with Gasteiger partial charge in [-0.2, -0.15) is 13.2 Å². The largest absolute Gasteiger partial charge is 0.468 e. The number of halogens is 4. The van der Waals surface area contributed by atoms with Crippen molar-refractivity contribution in [3.8, 4) is 5.88 Å². The summed E-state index contributed by atoms with van der Waals surface area (Å²) < 4.78 is 47.1. The number of nitrogens with one attached hydrogen (secondary N) is 2. The second kappa shape index (κ2) is 11.4. The van der Waals surface area contributed by atoms with E-state index in [9.17, 15) is 13.2 Å². The van der Waals surface area contributed by atoms with Crippen LogP contribution in [-0.2, 0) is 11.3 Å². The van der Waals surface area contributed by atoms with Gasteiger partial charge in [-0.05, 0) is 26.8 Å². The third kappa shape index (κ3) is 10.00. The predicted octanol–water partition coefficient (Wildman–Crippen LogP) is 3.12. The first-order chi connectivity index (χ1) is 11.7. The van der Waals surface area contributed by atoms with Gasteiger partial charge < -0.3 is 20.1 Å². The van der Waals surface area contributed by atoms with Crippen molar-refractivity contribution in [1.29, 1.82) is 0 Å². The predicted molar refractivity (Wildman–Crippen MR) is 105 cm³/mol. The molecule has 0 aliphatic heterocycles. The molecule has 1 aromatic rings. The Morgan fingerprint density at radius 2 is 1.96 bits per heavy atom. The van der Waals surface area contributed by atoms with Crippen LogP contribution in [0.2, 0.25) is 0 Å². The lowest BCUT2D eigenvalue weighted by molar-refractivity contribution is -0.154. The third-order valence-corrected chi connectivity index (χ3v) is 3.21. The number of rotatable bonds is 8. The molecule has 1 heterocycles. The van der Waals surface area contributed by atoms with E-state index >= 15 is 0 Å². The number of aromatic nitrogens is 1. The maximum atomic E-state index is 12.3. The molecule has 0 unspecified atom stereocenters. The highest BCUT2D eigenvalue weighted by molar-refractivity contribution is 14.0. The lowest BCUT2D eigenvalue weighted by atomic mass is 10.1. The normalized spacial score (nSPS) is 12.3. The molecule has 0 saturated carbocycles. The Bertz CT molecular complexity index is 569. The number of ether oxygens (including phenoxy) is 2. The summed E-state index contributed by atoms with van der Waals surface area (Å²) in [6.45, 7) is 5.66. The van der Waals surface area contributed by atoms with Crippen LogP contribution in [0.25, 0.3) is 0 Å². The molecule has 2 N–H and O–H groups in total. The van der Waals surface area contributed by atoms with Crippen LogP contribution in [0.4, 0.5) is 13.2 Å². The van der Waals surface area contributed by atoms with Gasteiger partial charge in [0, 0.05) is 32.0 Å². The van der Waals surface area contributed by atoms with Crippen LogP contribution in [0.1, 0.15) is 26.3 Å². The molecule has 0 atom stereocenters. The van der Waals surface area contributed by atoms with Gasteiger partial charge >= 0.3 is 6.18 Å². The molecule has 150 valence electrons. The van der Waals surface area contributed by atoms with E-state index in [0.717, 1.165) is 0 Å². The zero-order valence-corrected chi connectivity index (χ0v) is 17.6. The fourth-order valence-electron chi connectivity index (χ4n) is 1.70. The van der Waals surface area contributed by atoms with Gasteiger partial charge in [0.2, 0.25) is 5.88 Å². The van der Waals surface area contributed by atoms with Gasteiger partial charge in [0.1, 0.15) is 0 Å². The first kappa shape index (κ1) is 24.7. The number of hydrogen-bond acceptors (Lipinski definition) is 4. The van der Waals surface area contributed by atoms with Crippen molar-refractivity contribution in [2.45, 2.75) is 39.1 Å². The molecule has 6 nitrogen and oxygen atoms in total. The summed E-state index contributed by atoms with van der Waals surface area (Å²) in [5, 5.41) is 6.20. The minimum absolute atomic E-state index is 0. The monoisotopic (exact) mass is 490 g/mol. The van der Waals surface area contributed by atoms with Crippen molar-refractivity contribution in [1.82, 2.24) is 15.6 Å². The number of hydrogen-bond donors (Lipinski definition) is 2. The Kier molecular flexibility index (Phi) is 10.8. The van der Waals surface area contributed by atoms with Crippen molar-refractivity contribution >= 4 is 29.9 Å². The molecule has 1 aromatic heterocycles. The van der Waals surface area contributed by atoms with E-state index in [4.69, 9.17) is 9.47 Å². The van der Waals surface area contributed by atoms with Gasteiger partial charge in [-0.25, -0.2) is 9.98 Å². The molecule has 10 heteroatoms. The number of pyridine rings is 1. The summed E-state index contributed by atoms with van der Waals surface area (Å²) in [6, 6.07) is 3.25. The van der Waals surface area contributed by atoms with E-state index in [1.165, 1.54) is 6.20 Å². The topological polar surface area (TPSA) is 67.8 Å². The third-order valence-electron chi connectivity index (χ3n) is 3.21. The number of nitrogens with zero attached hydrogens (tertiary/aromatic N) is 2. The Hall–Kier alpha value is -1.30. The molecule has 0 bridgehead atoms. The first-order valence-electron chi connectivity index (χ1n) is 7.87. The molecular formula is C16H26F3IN4O2. The van der Waals surface area contributed by atoms with Crippen molar-refractivity contribution in [3.05, 3.63) is 23.9 Å². The second-order valence-corrected chi connectivity index (χ2v) is 5.88. The SMILES string of the molecule is CCNC(=NCc1cccnc1OCC(F)(F)F)NCC(C)(C)OC.I. The molecular weight excluding hydrogens is 464 g/mol. The highest BCUT2D eigenvalue weighted by Crippen LogP contribution is 2.20. The van der Waals surface area contributed by atoms with E-state index in [-0.39, 0.29) is 42.0 Å². The summed E-state index contributed by atoms with van der Waals surface area (Å²) in [7, 11) is 1.62. The van der Waals surface area contributed by atoms with E-state index in [1.807, 2.05) is 20.8 Å². The quantitative estimate of drug-likeness (QED) is 0.333. The Labute approximate surface area is 169 Å². The van der Waals surface area contributed by atoms with E-state index in [2.05, 4.69) is 20.6 Å². The maximum absolute atomic E-state index is 12.3. The lowest BCUT2D eigenvalue weighted by Crippen LogP contribution is -2.45. The highest BCUT2D eigenvalue weighted by atomic mass is 127. The number of guanidine groups is 1. The number of alkyl halides is 3. The molecule has 0 aromatic carbocycles. The molecule has 1 rings (SSSR count). The van der Waals surface area contributed by atoms with Crippen molar-refractivity contribution in [3.63, 3.8) is 0 Å². The van der Waals surface area contributed by atoms with Gasteiger partial charge in [0.15, 0.2) is 12.6 Å². The fourth-order valence-corrected chi connectivity index (χ4v) is 1.70. The molecule has 0 spiro atoms. The zero-order valence-electron chi connectivity index (χ0n) is 15.3. The minimum atomic E-state index is -4.42.